The molecule has 0 spiro atoms. The van der Waals surface area contributed by atoms with Crippen LogP contribution in [0.1, 0.15) is 78.9 Å². The van der Waals surface area contributed by atoms with E-state index in [0.717, 1.165) is 5.92 Å². The third kappa shape index (κ3) is 9.31. The molecule has 0 heterocycles. The SMILES string of the molecule is CC(C)(C)c1ccccc1.CCC.CC[C@@H](C)CC1C=CC=C1c1ccccc1. The monoisotopic (exact) mass is 390 g/mol. The topological polar surface area (TPSA) is 0 Å². The standard InChI is InChI=1S/C16H20.C10H14.C3H8/c1-3-13(2)12-15-10-7-11-16(15)14-8-5-4-6-9-14;1-10(2,3)9-7-5-4-6-8-9;1-3-2/h4-11,13,15H,3,12H2,1-2H3;4-8H,1-3H3;3H2,1-2H3/t13-,15?;;/m1../s1. The number of hydrogen-bond acceptors (Lipinski definition) is 0. The van der Waals surface area contributed by atoms with Gasteiger partial charge >= 0.3 is 0 Å². The molecule has 0 aromatic heterocycles. The summed E-state index contributed by atoms with van der Waals surface area (Å²) in [6.07, 6.45) is 10.6. The van der Waals surface area contributed by atoms with E-state index < -0.39 is 0 Å². The number of benzene rings is 2. The molecule has 0 saturated heterocycles. The first-order valence-electron chi connectivity index (χ1n) is 11.3. The van der Waals surface area contributed by atoms with Gasteiger partial charge in [0.25, 0.3) is 0 Å². The zero-order valence-corrected chi connectivity index (χ0v) is 19.8. The molecule has 0 heteroatoms. The average Bonchev–Trinajstić information content (AvgIpc) is 3.18. The summed E-state index contributed by atoms with van der Waals surface area (Å²) in [7, 11) is 0. The molecule has 0 aliphatic heterocycles. The Hall–Kier alpha value is -2.08. The Morgan fingerprint density at radius 3 is 1.79 bits per heavy atom. The van der Waals surface area contributed by atoms with Crippen LogP contribution in [-0.4, -0.2) is 0 Å². The highest BCUT2D eigenvalue weighted by Gasteiger charge is 2.18. The summed E-state index contributed by atoms with van der Waals surface area (Å²) >= 11 is 0. The number of rotatable bonds is 4. The molecule has 0 fully saturated rings. The molecule has 0 N–H and O–H groups in total. The second-order valence-electron chi connectivity index (χ2n) is 9.05. The lowest BCUT2D eigenvalue weighted by molar-refractivity contribution is 0.484. The molecule has 0 saturated carbocycles. The molecule has 1 aliphatic carbocycles. The van der Waals surface area contributed by atoms with Gasteiger partial charge in [0.1, 0.15) is 0 Å². The van der Waals surface area contributed by atoms with Crippen molar-refractivity contribution in [3.63, 3.8) is 0 Å². The Balaban J connectivity index is 0.000000277. The summed E-state index contributed by atoms with van der Waals surface area (Å²) in [5.74, 6) is 1.43. The Morgan fingerprint density at radius 2 is 1.34 bits per heavy atom. The van der Waals surface area contributed by atoms with E-state index in [-0.39, 0.29) is 0 Å². The van der Waals surface area contributed by atoms with Crippen LogP contribution in [0.15, 0.2) is 78.9 Å². The maximum Gasteiger partial charge on any atom is 0.00295 e. The summed E-state index contributed by atoms with van der Waals surface area (Å²) in [5, 5.41) is 0. The summed E-state index contributed by atoms with van der Waals surface area (Å²) < 4.78 is 0. The van der Waals surface area contributed by atoms with Crippen molar-refractivity contribution in [1.29, 1.82) is 0 Å². The fourth-order valence-corrected chi connectivity index (χ4v) is 3.21. The summed E-state index contributed by atoms with van der Waals surface area (Å²) in [6, 6.07) is 21.3. The molecule has 1 unspecified atom stereocenters. The van der Waals surface area contributed by atoms with Crippen molar-refractivity contribution in [3.05, 3.63) is 90.0 Å². The Bertz CT molecular complexity index is 714. The highest BCUT2D eigenvalue weighted by atomic mass is 14.2. The second-order valence-corrected chi connectivity index (χ2v) is 9.05. The van der Waals surface area contributed by atoms with Gasteiger partial charge in [-0.2, -0.15) is 0 Å². The van der Waals surface area contributed by atoms with Gasteiger partial charge < -0.3 is 0 Å². The van der Waals surface area contributed by atoms with E-state index in [1.54, 1.807) is 0 Å². The maximum absolute atomic E-state index is 2.34. The van der Waals surface area contributed by atoms with Gasteiger partial charge in [0.2, 0.25) is 0 Å². The van der Waals surface area contributed by atoms with Crippen molar-refractivity contribution in [2.45, 2.75) is 73.1 Å². The number of hydrogen-bond donors (Lipinski definition) is 0. The first-order valence-corrected chi connectivity index (χ1v) is 11.3. The van der Waals surface area contributed by atoms with Gasteiger partial charge in [0, 0.05) is 5.92 Å². The smallest absolute Gasteiger partial charge is 0.00295 e. The Morgan fingerprint density at radius 1 is 0.828 bits per heavy atom. The van der Waals surface area contributed by atoms with Crippen LogP contribution in [0.5, 0.6) is 0 Å². The third-order valence-corrected chi connectivity index (χ3v) is 5.12. The van der Waals surface area contributed by atoms with E-state index in [0.29, 0.717) is 11.3 Å². The van der Waals surface area contributed by atoms with Crippen LogP contribution in [0.3, 0.4) is 0 Å². The van der Waals surface area contributed by atoms with Crippen LogP contribution < -0.4 is 0 Å². The Labute approximate surface area is 180 Å². The minimum absolute atomic E-state index is 0.293. The minimum Gasteiger partial charge on any atom is -0.0770 e. The summed E-state index contributed by atoms with van der Waals surface area (Å²) in [5.41, 5.74) is 4.55. The highest BCUT2D eigenvalue weighted by molar-refractivity contribution is 5.72. The molecule has 0 amide bonds. The van der Waals surface area contributed by atoms with Crippen LogP contribution in [0.2, 0.25) is 0 Å². The van der Waals surface area contributed by atoms with E-state index in [4.69, 9.17) is 0 Å². The lowest BCUT2D eigenvalue weighted by Gasteiger charge is -2.18. The van der Waals surface area contributed by atoms with Gasteiger partial charge in [0.05, 0.1) is 0 Å². The van der Waals surface area contributed by atoms with Crippen molar-refractivity contribution >= 4 is 5.57 Å². The van der Waals surface area contributed by atoms with E-state index >= 15 is 0 Å². The van der Waals surface area contributed by atoms with Gasteiger partial charge in [-0.25, -0.2) is 0 Å². The zero-order valence-electron chi connectivity index (χ0n) is 19.8. The molecule has 3 rings (SSSR count). The van der Waals surface area contributed by atoms with Crippen molar-refractivity contribution in [1.82, 2.24) is 0 Å². The van der Waals surface area contributed by atoms with Gasteiger partial charge in [-0.3, -0.25) is 0 Å². The van der Waals surface area contributed by atoms with Crippen LogP contribution >= 0.6 is 0 Å². The fourth-order valence-electron chi connectivity index (χ4n) is 3.21. The molecule has 158 valence electrons. The van der Waals surface area contributed by atoms with Crippen LogP contribution in [0, 0.1) is 11.8 Å². The first kappa shape index (κ1) is 25.0. The fraction of sp³-hybridized carbons (Fsp3) is 0.448. The minimum atomic E-state index is 0.293. The van der Waals surface area contributed by atoms with E-state index in [9.17, 15) is 0 Å². The molecule has 29 heavy (non-hydrogen) atoms. The molecule has 2 aromatic carbocycles. The summed E-state index contributed by atoms with van der Waals surface area (Å²) in [4.78, 5) is 0. The molecular weight excluding hydrogens is 348 g/mol. The molecule has 2 aromatic rings. The first-order chi connectivity index (χ1) is 13.8. The maximum atomic E-state index is 2.34. The van der Waals surface area contributed by atoms with Gasteiger partial charge in [-0.1, -0.05) is 140 Å². The molecule has 0 bridgehead atoms. The second kappa shape index (κ2) is 13.2. The normalized spacial score (nSPS) is 16.1. The van der Waals surface area contributed by atoms with E-state index in [1.165, 1.54) is 36.0 Å². The quantitative estimate of drug-likeness (QED) is 0.488. The average molecular weight is 391 g/mol. The van der Waals surface area contributed by atoms with Crippen molar-refractivity contribution in [2.75, 3.05) is 0 Å². The predicted octanol–water partition coefficient (Wildman–Crippen LogP) is 9.09. The van der Waals surface area contributed by atoms with Crippen LogP contribution in [-0.2, 0) is 5.41 Å². The molecular formula is C29H42. The van der Waals surface area contributed by atoms with E-state index in [1.807, 2.05) is 0 Å². The third-order valence-electron chi connectivity index (χ3n) is 5.12. The zero-order chi connectivity index (χ0) is 21.7. The van der Waals surface area contributed by atoms with E-state index in [2.05, 4.69) is 127 Å². The molecule has 0 radical (unpaired) electrons. The summed E-state index contributed by atoms with van der Waals surface area (Å²) in [6.45, 7) is 15.5. The lowest BCUT2D eigenvalue weighted by atomic mass is 9.87. The van der Waals surface area contributed by atoms with Crippen LogP contribution in [0.25, 0.3) is 5.57 Å². The van der Waals surface area contributed by atoms with Crippen molar-refractivity contribution in [3.8, 4) is 0 Å². The predicted molar refractivity (Wildman–Crippen MR) is 132 cm³/mol. The van der Waals surface area contributed by atoms with Crippen molar-refractivity contribution < 1.29 is 0 Å². The van der Waals surface area contributed by atoms with Gasteiger partial charge in [0.15, 0.2) is 0 Å². The highest BCUT2D eigenvalue weighted by Crippen LogP contribution is 2.34. The lowest BCUT2D eigenvalue weighted by Crippen LogP contribution is -2.10. The Kier molecular flexibility index (Phi) is 11.4. The molecule has 1 aliphatic rings. The van der Waals surface area contributed by atoms with Gasteiger partial charge in [-0.05, 0) is 34.5 Å². The van der Waals surface area contributed by atoms with Crippen LogP contribution in [0.4, 0.5) is 0 Å². The largest absolute Gasteiger partial charge is 0.0770 e. The number of allylic oxidation sites excluding steroid dienone is 4. The molecule has 2 atom stereocenters. The van der Waals surface area contributed by atoms with Crippen molar-refractivity contribution in [2.24, 2.45) is 11.8 Å². The molecule has 0 nitrogen and oxygen atoms in total. The van der Waals surface area contributed by atoms with Gasteiger partial charge in [-0.15, -0.1) is 0 Å².